The molecule has 0 unspecified atom stereocenters. The molecule has 3 aromatic carbocycles. The van der Waals surface area contributed by atoms with Crippen LogP contribution in [0.25, 0.3) is 21.7 Å². The molecule has 0 atom stereocenters. The molecule has 0 radical (unpaired) electrons. The van der Waals surface area contributed by atoms with Crippen molar-refractivity contribution >= 4 is 43.5 Å². The van der Waals surface area contributed by atoms with Crippen LogP contribution in [-0.4, -0.2) is 29.5 Å². The summed E-state index contributed by atoms with van der Waals surface area (Å²) in [6.45, 7) is 2.73. The molecule has 4 nitrogen and oxygen atoms in total. The number of ether oxygens (including phenoxy) is 1. The number of nitrogens with zero attached hydrogens (tertiary/aromatic N) is 2. The minimum atomic E-state index is 0.0731. The first-order chi connectivity index (χ1) is 15.5. The first-order valence-corrected chi connectivity index (χ1v) is 11.8. The van der Waals surface area contributed by atoms with Gasteiger partial charge >= 0.3 is 0 Å². The Bertz CT molecular complexity index is 1290. The maximum atomic E-state index is 13.7. The smallest absolute Gasteiger partial charge is 0.256 e. The lowest BCUT2D eigenvalue weighted by atomic mass is 10.0. The number of aryl methyl sites for hydroxylation is 1. The van der Waals surface area contributed by atoms with Crippen molar-refractivity contribution in [3.63, 3.8) is 0 Å². The van der Waals surface area contributed by atoms with Crippen LogP contribution in [0.3, 0.4) is 0 Å². The van der Waals surface area contributed by atoms with Crippen molar-refractivity contribution in [3.05, 3.63) is 75.9 Å². The Balaban J connectivity index is 1.66. The highest BCUT2D eigenvalue weighted by Gasteiger charge is 2.23. The zero-order valence-corrected chi connectivity index (χ0v) is 20.7. The normalized spacial score (nSPS) is 11.3. The van der Waals surface area contributed by atoms with Gasteiger partial charge in [0.15, 0.2) is 0 Å². The molecule has 0 aliphatic rings. The van der Waals surface area contributed by atoms with Crippen LogP contribution in [0.2, 0.25) is 0 Å². The summed E-state index contributed by atoms with van der Waals surface area (Å²) >= 11 is 3.63. The second kappa shape index (κ2) is 9.37. The second-order valence-corrected chi connectivity index (χ2v) is 9.09. The van der Waals surface area contributed by atoms with Crippen LogP contribution < -0.4 is 4.74 Å². The number of methoxy groups -OCH3 is 1. The number of carbonyl (C=O) groups excluding carboxylic acids is 1. The molecule has 0 bridgehead atoms. The number of unbranched alkanes of at least 4 members (excludes halogenated alkanes) is 1. The number of carbonyl (C=O) groups is 1. The van der Waals surface area contributed by atoms with Crippen molar-refractivity contribution in [3.8, 4) is 5.75 Å². The van der Waals surface area contributed by atoms with Crippen molar-refractivity contribution in [2.75, 3.05) is 14.2 Å². The first-order valence-electron chi connectivity index (χ1n) is 11.0. The number of benzene rings is 3. The first kappa shape index (κ1) is 22.4. The topological polar surface area (TPSA) is 34.5 Å². The molecule has 5 heteroatoms. The molecule has 0 aliphatic heterocycles. The molecule has 166 valence electrons. The van der Waals surface area contributed by atoms with E-state index in [1.807, 2.05) is 30.1 Å². The van der Waals surface area contributed by atoms with E-state index in [9.17, 15) is 4.79 Å². The Morgan fingerprint density at radius 2 is 1.88 bits per heavy atom. The fourth-order valence-corrected chi connectivity index (χ4v) is 5.09. The summed E-state index contributed by atoms with van der Waals surface area (Å²) in [5.74, 6) is 0.886. The third-order valence-electron chi connectivity index (χ3n) is 6.18. The van der Waals surface area contributed by atoms with Crippen LogP contribution in [0, 0.1) is 0 Å². The van der Waals surface area contributed by atoms with E-state index in [0.717, 1.165) is 68.0 Å². The summed E-state index contributed by atoms with van der Waals surface area (Å²) in [5, 5.41) is 3.25. The van der Waals surface area contributed by atoms with E-state index in [2.05, 4.69) is 70.9 Å². The Hall–Kier alpha value is -2.79. The number of halogens is 1. The van der Waals surface area contributed by atoms with Crippen LogP contribution in [0.1, 0.15) is 41.4 Å². The van der Waals surface area contributed by atoms with Crippen LogP contribution in [0.15, 0.2) is 59.1 Å². The fraction of sp³-hybridized carbons (Fsp3) is 0.296. The lowest BCUT2D eigenvalue weighted by Gasteiger charge is -2.19. The summed E-state index contributed by atoms with van der Waals surface area (Å²) in [5.41, 5.74) is 4.17. The number of aromatic nitrogens is 1. The van der Waals surface area contributed by atoms with Gasteiger partial charge in [0, 0.05) is 37.2 Å². The van der Waals surface area contributed by atoms with E-state index in [4.69, 9.17) is 4.74 Å². The van der Waals surface area contributed by atoms with E-state index in [-0.39, 0.29) is 5.91 Å². The van der Waals surface area contributed by atoms with Crippen LogP contribution in [0.5, 0.6) is 5.75 Å². The predicted molar refractivity (Wildman–Crippen MR) is 136 cm³/mol. The fourth-order valence-electron chi connectivity index (χ4n) is 4.44. The van der Waals surface area contributed by atoms with E-state index in [1.54, 1.807) is 7.11 Å². The molecule has 1 amide bonds. The van der Waals surface area contributed by atoms with Gasteiger partial charge in [0.05, 0.1) is 17.1 Å². The summed E-state index contributed by atoms with van der Waals surface area (Å²) in [6, 6.07) is 18.5. The van der Waals surface area contributed by atoms with Crippen molar-refractivity contribution < 1.29 is 9.53 Å². The third kappa shape index (κ3) is 4.02. The van der Waals surface area contributed by atoms with E-state index >= 15 is 0 Å². The van der Waals surface area contributed by atoms with Gasteiger partial charge in [0.2, 0.25) is 0 Å². The number of amides is 1. The van der Waals surface area contributed by atoms with Gasteiger partial charge in [-0.05, 0) is 63.3 Å². The number of hydrogen-bond acceptors (Lipinski definition) is 2. The average Bonchev–Trinajstić information content (AvgIpc) is 3.09. The summed E-state index contributed by atoms with van der Waals surface area (Å²) in [7, 11) is 5.63. The molecule has 32 heavy (non-hydrogen) atoms. The van der Waals surface area contributed by atoms with Crippen LogP contribution >= 0.6 is 15.9 Å². The lowest BCUT2D eigenvalue weighted by molar-refractivity contribution is 0.0785. The highest BCUT2D eigenvalue weighted by molar-refractivity contribution is 9.10. The van der Waals surface area contributed by atoms with Crippen molar-refractivity contribution in [1.82, 2.24) is 9.47 Å². The van der Waals surface area contributed by atoms with Gasteiger partial charge in [-0.25, -0.2) is 0 Å². The third-order valence-corrected chi connectivity index (χ3v) is 7.00. The second-order valence-electron chi connectivity index (χ2n) is 8.30. The van der Waals surface area contributed by atoms with Crippen LogP contribution in [0.4, 0.5) is 0 Å². The van der Waals surface area contributed by atoms with E-state index in [0.29, 0.717) is 6.54 Å². The Morgan fingerprint density at radius 3 is 2.62 bits per heavy atom. The van der Waals surface area contributed by atoms with Gasteiger partial charge in [-0.2, -0.15) is 0 Å². The number of para-hydroxylation sites is 1. The predicted octanol–water partition coefficient (Wildman–Crippen LogP) is 6.72. The average molecular weight is 493 g/mol. The van der Waals surface area contributed by atoms with E-state index in [1.165, 1.54) is 0 Å². The summed E-state index contributed by atoms with van der Waals surface area (Å²) in [6.07, 6.45) is 3.07. The maximum Gasteiger partial charge on any atom is 0.256 e. The number of rotatable bonds is 7. The molecular weight excluding hydrogens is 464 g/mol. The highest BCUT2D eigenvalue weighted by Crippen LogP contribution is 2.34. The Kier molecular flexibility index (Phi) is 6.56. The molecule has 1 heterocycles. The van der Waals surface area contributed by atoms with Crippen molar-refractivity contribution in [1.29, 1.82) is 0 Å². The lowest BCUT2D eigenvalue weighted by Crippen LogP contribution is -2.27. The van der Waals surface area contributed by atoms with Gasteiger partial charge in [0.1, 0.15) is 5.75 Å². The van der Waals surface area contributed by atoms with Crippen LogP contribution in [-0.2, 0) is 20.0 Å². The van der Waals surface area contributed by atoms with Gasteiger partial charge in [0.25, 0.3) is 5.91 Å². The monoisotopic (exact) mass is 492 g/mol. The minimum Gasteiger partial charge on any atom is -0.496 e. The van der Waals surface area contributed by atoms with Crippen molar-refractivity contribution in [2.24, 2.45) is 7.05 Å². The Morgan fingerprint density at radius 1 is 1.09 bits per heavy atom. The van der Waals surface area contributed by atoms with Gasteiger partial charge in [-0.1, -0.05) is 49.7 Å². The molecule has 4 aromatic rings. The summed E-state index contributed by atoms with van der Waals surface area (Å²) < 4.78 is 8.54. The zero-order chi connectivity index (χ0) is 22.8. The molecule has 1 aromatic heterocycles. The summed E-state index contributed by atoms with van der Waals surface area (Å²) in [4.78, 5) is 15.5. The molecule has 4 rings (SSSR count). The molecule has 0 saturated carbocycles. The standard InChI is InChI=1S/C27H29BrN2O2/c1-5-6-10-23-25(21-9-7-8-11-22(21)30(23)3)27(31)29(2)17-18-12-14-20-19(16-18)13-15-24(32-4)26(20)28/h7-9,11-16H,5-6,10,17H2,1-4H3. The molecule has 0 fully saturated rings. The zero-order valence-electron chi connectivity index (χ0n) is 19.1. The maximum absolute atomic E-state index is 13.7. The van der Waals surface area contributed by atoms with Gasteiger partial charge < -0.3 is 14.2 Å². The largest absolute Gasteiger partial charge is 0.496 e. The van der Waals surface area contributed by atoms with Crippen molar-refractivity contribution in [2.45, 2.75) is 32.7 Å². The molecular formula is C27H29BrN2O2. The van der Waals surface area contributed by atoms with E-state index < -0.39 is 0 Å². The minimum absolute atomic E-state index is 0.0731. The van der Waals surface area contributed by atoms with Gasteiger partial charge in [-0.3, -0.25) is 4.79 Å². The quantitative estimate of drug-likeness (QED) is 0.287. The Labute approximate surface area is 197 Å². The molecule has 0 aliphatic carbocycles. The number of fused-ring (bicyclic) bond motifs is 2. The molecule has 0 N–H and O–H groups in total. The highest BCUT2D eigenvalue weighted by atomic mass is 79.9. The SMILES string of the molecule is CCCCc1c(C(=O)N(C)Cc2ccc3c(Br)c(OC)ccc3c2)c2ccccc2n1C. The number of hydrogen-bond donors (Lipinski definition) is 0. The molecule has 0 spiro atoms. The molecule has 0 saturated heterocycles. The van der Waals surface area contributed by atoms with Gasteiger partial charge in [-0.15, -0.1) is 0 Å².